The molecule has 0 saturated carbocycles. The van der Waals surface area contributed by atoms with Gasteiger partial charge < -0.3 is 21.1 Å². The van der Waals surface area contributed by atoms with Crippen molar-refractivity contribution in [3.63, 3.8) is 0 Å². The highest BCUT2D eigenvalue weighted by molar-refractivity contribution is 5.87. The van der Waals surface area contributed by atoms with Crippen molar-refractivity contribution in [2.45, 2.75) is 13.0 Å². The van der Waals surface area contributed by atoms with E-state index in [1.54, 1.807) is 7.11 Å². The zero-order valence-electron chi connectivity index (χ0n) is 12.1. The van der Waals surface area contributed by atoms with E-state index >= 15 is 0 Å². The van der Waals surface area contributed by atoms with Gasteiger partial charge in [-0.25, -0.2) is 4.79 Å². The van der Waals surface area contributed by atoms with Gasteiger partial charge in [0.1, 0.15) is 5.75 Å². The first-order valence-corrected chi connectivity index (χ1v) is 6.65. The number of urea groups is 1. The minimum Gasteiger partial charge on any atom is -0.497 e. The Kier molecular flexibility index (Phi) is 4.66. The fraction of sp³-hybridized carbons (Fsp3) is 0.188. The van der Waals surface area contributed by atoms with E-state index < -0.39 is 6.03 Å². The summed E-state index contributed by atoms with van der Waals surface area (Å²) in [6.45, 7) is 2.07. The molecule has 110 valence electrons. The Morgan fingerprint density at radius 2 is 1.86 bits per heavy atom. The number of carbonyl (C=O) groups is 1. The Labute approximate surface area is 124 Å². The third-order valence-electron chi connectivity index (χ3n) is 3.13. The maximum Gasteiger partial charge on any atom is 0.316 e. The van der Waals surface area contributed by atoms with Crippen LogP contribution in [-0.4, -0.2) is 13.1 Å². The van der Waals surface area contributed by atoms with Crippen molar-refractivity contribution < 1.29 is 9.53 Å². The molecule has 2 rings (SSSR count). The van der Waals surface area contributed by atoms with E-state index in [1.165, 1.54) is 0 Å². The highest BCUT2D eigenvalue weighted by Crippen LogP contribution is 2.23. The van der Waals surface area contributed by atoms with Gasteiger partial charge in [-0.05, 0) is 36.8 Å². The van der Waals surface area contributed by atoms with Crippen LogP contribution in [0.3, 0.4) is 0 Å². The van der Waals surface area contributed by atoms with Gasteiger partial charge in [-0.3, -0.25) is 0 Å². The first-order valence-electron chi connectivity index (χ1n) is 6.65. The predicted molar refractivity (Wildman–Crippen MR) is 84.7 cm³/mol. The third-order valence-corrected chi connectivity index (χ3v) is 3.13. The van der Waals surface area contributed by atoms with Gasteiger partial charge in [0.2, 0.25) is 0 Å². The fourth-order valence-corrected chi connectivity index (χ4v) is 2.04. The number of carbonyl (C=O) groups excluding carboxylic acids is 1. The van der Waals surface area contributed by atoms with Gasteiger partial charge in [-0.1, -0.05) is 18.2 Å². The monoisotopic (exact) mass is 285 g/mol. The zero-order chi connectivity index (χ0) is 15.2. The van der Waals surface area contributed by atoms with Crippen molar-refractivity contribution in [1.29, 1.82) is 0 Å². The summed E-state index contributed by atoms with van der Waals surface area (Å²) in [6.07, 6.45) is 0. The number of primary amides is 1. The highest BCUT2D eigenvalue weighted by atomic mass is 16.5. The van der Waals surface area contributed by atoms with E-state index in [9.17, 15) is 4.79 Å². The first kappa shape index (κ1) is 14.7. The zero-order valence-corrected chi connectivity index (χ0v) is 12.1. The van der Waals surface area contributed by atoms with Gasteiger partial charge in [0.15, 0.2) is 0 Å². The smallest absolute Gasteiger partial charge is 0.316 e. The molecule has 5 nitrogen and oxygen atoms in total. The molecule has 0 fully saturated rings. The number of amides is 2. The lowest BCUT2D eigenvalue weighted by molar-refractivity contribution is 0.259. The van der Waals surface area contributed by atoms with Gasteiger partial charge in [0.25, 0.3) is 0 Å². The van der Waals surface area contributed by atoms with Crippen LogP contribution in [0, 0.1) is 0 Å². The number of ether oxygens (including phenoxy) is 1. The van der Waals surface area contributed by atoms with Crippen LogP contribution in [0.5, 0.6) is 5.75 Å². The van der Waals surface area contributed by atoms with Gasteiger partial charge in [0.05, 0.1) is 7.11 Å². The standard InChI is InChI=1S/C16H19N3O2/c1-11(18-14-4-3-5-15(10-14)21-2)12-6-8-13(9-7-12)19-16(17)20/h3-11,18H,1-2H3,(H3,17,19,20). The second-order valence-electron chi connectivity index (χ2n) is 4.71. The Bertz CT molecular complexity index is 611. The molecule has 0 bridgehead atoms. The molecule has 5 heteroatoms. The molecule has 21 heavy (non-hydrogen) atoms. The van der Waals surface area contributed by atoms with Crippen LogP contribution in [0.1, 0.15) is 18.5 Å². The van der Waals surface area contributed by atoms with Crippen molar-refractivity contribution in [2.75, 3.05) is 17.7 Å². The lowest BCUT2D eigenvalue weighted by Gasteiger charge is -2.16. The summed E-state index contributed by atoms with van der Waals surface area (Å²) in [5, 5.41) is 5.94. The minimum absolute atomic E-state index is 0.125. The third kappa shape index (κ3) is 4.14. The summed E-state index contributed by atoms with van der Waals surface area (Å²) >= 11 is 0. The largest absolute Gasteiger partial charge is 0.497 e. The van der Waals surface area contributed by atoms with E-state index in [0.29, 0.717) is 5.69 Å². The topological polar surface area (TPSA) is 76.4 Å². The molecule has 2 amide bonds. The fourth-order valence-electron chi connectivity index (χ4n) is 2.04. The lowest BCUT2D eigenvalue weighted by Crippen LogP contribution is -2.19. The molecule has 1 unspecified atom stereocenters. The highest BCUT2D eigenvalue weighted by Gasteiger charge is 2.06. The lowest BCUT2D eigenvalue weighted by atomic mass is 10.1. The van der Waals surface area contributed by atoms with Crippen LogP contribution in [0.2, 0.25) is 0 Å². The SMILES string of the molecule is COc1cccc(NC(C)c2ccc(NC(N)=O)cc2)c1. The van der Waals surface area contributed by atoms with Gasteiger partial charge >= 0.3 is 6.03 Å². The van der Waals surface area contributed by atoms with E-state index in [2.05, 4.69) is 17.6 Å². The Hall–Kier alpha value is -2.69. The molecule has 0 aliphatic rings. The van der Waals surface area contributed by atoms with Crippen LogP contribution in [-0.2, 0) is 0 Å². The molecule has 0 aromatic heterocycles. The average molecular weight is 285 g/mol. The van der Waals surface area contributed by atoms with Crippen LogP contribution in [0.25, 0.3) is 0 Å². The quantitative estimate of drug-likeness (QED) is 0.788. The molecule has 2 aromatic rings. The molecule has 4 N–H and O–H groups in total. The van der Waals surface area contributed by atoms with Crippen molar-refractivity contribution in [2.24, 2.45) is 5.73 Å². The van der Waals surface area contributed by atoms with Gasteiger partial charge in [-0.2, -0.15) is 0 Å². The number of anilines is 2. The van der Waals surface area contributed by atoms with E-state index in [4.69, 9.17) is 10.5 Å². The molecule has 2 aromatic carbocycles. The van der Waals surface area contributed by atoms with Crippen molar-refractivity contribution in [1.82, 2.24) is 0 Å². The van der Waals surface area contributed by atoms with E-state index in [0.717, 1.165) is 17.0 Å². The normalized spacial score (nSPS) is 11.5. The number of hydrogen-bond donors (Lipinski definition) is 3. The summed E-state index contributed by atoms with van der Waals surface area (Å²) in [5.74, 6) is 0.813. The van der Waals surface area contributed by atoms with E-state index in [1.807, 2.05) is 48.5 Å². The summed E-state index contributed by atoms with van der Waals surface area (Å²) in [6, 6.07) is 14.9. The molecular formula is C16H19N3O2. The first-order chi connectivity index (χ1) is 10.1. The maximum absolute atomic E-state index is 10.8. The number of rotatable bonds is 5. The van der Waals surface area contributed by atoms with Crippen molar-refractivity contribution >= 4 is 17.4 Å². The molecule has 0 radical (unpaired) electrons. The van der Waals surface area contributed by atoms with Crippen LogP contribution in [0.4, 0.5) is 16.2 Å². The summed E-state index contributed by atoms with van der Waals surface area (Å²) in [5.41, 5.74) is 7.85. The predicted octanol–water partition coefficient (Wildman–Crippen LogP) is 3.36. The summed E-state index contributed by atoms with van der Waals surface area (Å²) in [4.78, 5) is 10.8. The number of hydrogen-bond acceptors (Lipinski definition) is 3. The average Bonchev–Trinajstić information content (AvgIpc) is 2.47. The number of nitrogens with two attached hydrogens (primary N) is 1. The Balaban J connectivity index is 2.05. The second-order valence-corrected chi connectivity index (χ2v) is 4.71. The van der Waals surface area contributed by atoms with E-state index in [-0.39, 0.29) is 6.04 Å². The van der Waals surface area contributed by atoms with Crippen LogP contribution >= 0.6 is 0 Å². The number of methoxy groups -OCH3 is 1. The van der Waals surface area contributed by atoms with Gasteiger partial charge in [-0.15, -0.1) is 0 Å². The second kappa shape index (κ2) is 6.65. The number of nitrogens with one attached hydrogen (secondary N) is 2. The summed E-state index contributed by atoms with van der Waals surface area (Å²) in [7, 11) is 1.65. The Morgan fingerprint density at radius 1 is 1.14 bits per heavy atom. The molecule has 0 aliphatic heterocycles. The van der Waals surface area contributed by atoms with Crippen molar-refractivity contribution in [3.8, 4) is 5.75 Å². The van der Waals surface area contributed by atoms with Crippen LogP contribution in [0.15, 0.2) is 48.5 Å². The molecule has 0 aliphatic carbocycles. The molecular weight excluding hydrogens is 266 g/mol. The molecule has 0 spiro atoms. The van der Waals surface area contributed by atoms with Crippen LogP contribution < -0.4 is 21.1 Å². The number of benzene rings is 2. The maximum atomic E-state index is 10.8. The summed E-state index contributed by atoms with van der Waals surface area (Å²) < 4.78 is 5.20. The Morgan fingerprint density at radius 3 is 2.48 bits per heavy atom. The van der Waals surface area contributed by atoms with Gasteiger partial charge in [0, 0.05) is 23.5 Å². The minimum atomic E-state index is -0.565. The van der Waals surface area contributed by atoms with Crippen molar-refractivity contribution in [3.05, 3.63) is 54.1 Å². The molecule has 0 saturated heterocycles. The molecule has 1 atom stereocenters. The molecule has 0 heterocycles.